The Morgan fingerprint density at radius 1 is 0.538 bits per heavy atom. The van der Waals surface area contributed by atoms with Gasteiger partial charge in [-0.3, -0.25) is 13.8 Å². The van der Waals surface area contributed by atoms with Crippen molar-refractivity contribution in [2.75, 3.05) is 40.9 Å². The summed E-state index contributed by atoms with van der Waals surface area (Å²) in [6.45, 7) is 4.72. The van der Waals surface area contributed by atoms with E-state index in [0.29, 0.717) is 23.9 Å². The average Bonchev–Trinajstić information content (AvgIpc) is 3.26. The first-order valence-electron chi connectivity index (χ1n) is 27.5. The molecule has 0 spiro atoms. The molecule has 3 N–H and O–H groups in total. The average molecular weight is 936 g/mol. The van der Waals surface area contributed by atoms with Gasteiger partial charge in [-0.2, -0.15) is 0 Å². The summed E-state index contributed by atoms with van der Waals surface area (Å²) in [5.41, 5.74) is 0. The van der Waals surface area contributed by atoms with Crippen molar-refractivity contribution in [1.29, 1.82) is 0 Å². The summed E-state index contributed by atoms with van der Waals surface area (Å²) in [7, 11) is 1.62. The van der Waals surface area contributed by atoms with Gasteiger partial charge in [0.25, 0.3) is 0 Å². The first kappa shape index (κ1) is 63.5. The van der Waals surface area contributed by atoms with Gasteiger partial charge in [0, 0.05) is 6.42 Å². The first-order valence-corrected chi connectivity index (χ1v) is 29.0. The third-order valence-electron chi connectivity index (χ3n) is 12.3. The molecule has 8 nitrogen and oxygen atoms in total. The van der Waals surface area contributed by atoms with E-state index in [-0.39, 0.29) is 19.1 Å². The van der Waals surface area contributed by atoms with Crippen LogP contribution in [0, 0.1) is 0 Å². The van der Waals surface area contributed by atoms with Gasteiger partial charge in [-0.15, -0.1) is 0 Å². The van der Waals surface area contributed by atoms with Gasteiger partial charge >= 0.3 is 7.82 Å². The number of hydrogen-bond acceptors (Lipinski definition) is 5. The number of aliphatic hydroxyl groups is 1. The van der Waals surface area contributed by atoms with Crippen molar-refractivity contribution >= 4 is 13.7 Å². The number of nitrogens with zero attached hydrogens (tertiary/aromatic N) is 1. The largest absolute Gasteiger partial charge is 0.472 e. The Labute approximate surface area is 403 Å². The fraction of sp³-hybridized carbons (Fsp3) is 0.839. The monoisotopic (exact) mass is 936 g/mol. The Morgan fingerprint density at radius 3 is 1.35 bits per heavy atom. The number of allylic oxidation sites excluding steroid dienone is 8. The van der Waals surface area contributed by atoms with Crippen LogP contribution in [0.25, 0.3) is 0 Å². The maximum Gasteiger partial charge on any atom is 0.472 e. The zero-order valence-electron chi connectivity index (χ0n) is 43.5. The second-order valence-corrected chi connectivity index (χ2v) is 21.4. The van der Waals surface area contributed by atoms with Crippen LogP contribution in [0.2, 0.25) is 0 Å². The summed E-state index contributed by atoms with van der Waals surface area (Å²) in [6.07, 6.45) is 62.3. The van der Waals surface area contributed by atoms with Gasteiger partial charge in [-0.25, -0.2) is 4.57 Å². The number of nitrogens with one attached hydrogen (secondary N) is 1. The number of phosphoric acid groups is 1. The number of quaternary nitrogens is 1. The van der Waals surface area contributed by atoms with Crippen LogP contribution >= 0.6 is 7.82 Å². The molecule has 3 atom stereocenters. The van der Waals surface area contributed by atoms with Crippen molar-refractivity contribution < 1.29 is 32.9 Å². The number of aliphatic hydroxyl groups excluding tert-OH is 1. The molecule has 0 aromatic carbocycles. The van der Waals surface area contributed by atoms with E-state index >= 15 is 0 Å². The SMILES string of the molecule is CC/C=C\C/C=C\C/C=C\C/C=C\CCCCCCCCCCCCCCCCCCCCCCCCCCC(=O)NC(COP(=O)(O)OCC[N+](C)(C)C)C(O)CCCCCCCC. The number of rotatable bonds is 50. The van der Waals surface area contributed by atoms with Crippen molar-refractivity contribution in [3.63, 3.8) is 0 Å². The van der Waals surface area contributed by atoms with Gasteiger partial charge < -0.3 is 19.8 Å². The summed E-state index contributed by atoms with van der Waals surface area (Å²) < 4.78 is 23.5. The van der Waals surface area contributed by atoms with E-state index in [0.717, 1.165) is 64.2 Å². The predicted octanol–water partition coefficient (Wildman–Crippen LogP) is 16.4. The molecule has 0 aromatic heterocycles. The lowest BCUT2D eigenvalue weighted by Gasteiger charge is -2.26. The molecule has 0 saturated carbocycles. The molecule has 0 radical (unpaired) electrons. The summed E-state index contributed by atoms with van der Waals surface area (Å²) in [5, 5.41) is 13.8. The summed E-state index contributed by atoms with van der Waals surface area (Å²) in [5.74, 6) is -0.147. The van der Waals surface area contributed by atoms with E-state index in [1.54, 1.807) is 0 Å². The number of amides is 1. The quantitative estimate of drug-likeness (QED) is 0.0243. The fourth-order valence-corrected chi connectivity index (χ4v) is 8.77. The number of unbranched alkanes of at least 4 members (excludes halogenated alkanes) is 29. The number of likely N-dealkylation sites (N-methyl/N-ethyl adjacent to an activating group) is 1. The maximum atomic E-state index is 12.9. The van der Waals surface area contributed by atoms with Crippen LogP contribution in [0.3, 0.4) is 0 Å². The number of carbonyl (C=O) groups is 1. The molecule has 0 heterocycles. The minimum Gasteiger partial charge on any atom is -0.391 e. The molecule has 0 aromatic rings. The molecular weight excluding hydrogens is 828 g/mol. The Hall–Kier alpha value is -1.54. The highest BCUT2D eigenvalue weighted by atomic mass is 31.2. The van der Waals surface area contributed by atoms with Gasteiger partial charge in [0.15, 0.2) is 0 Å². The Kier molecular flexibility index (Phi) is 46.4. The van der Waals surface area contributed by atoms with E-state index in [1.165, 1.54) is 161 Å². The van der Waals surface area contributed by atoms with Crippen molar-refractivity contribution in [2.45, 2.75) is 264 Å². The van der Waals surface area contributed by atoms with Crippen molar-refractivity contribution in [1.82, 2.24) is 5.32 Å². The highest BCUT2D eigenvalue weighted by Crippen LogP contribution is 2.43. The first-order chi connectivity index (χ1) is 31.5. The minimum atomic E-state index is -4.30. The van der Waals surface area contributed by atoms with Gasteiger partial charge in [0.2, 0.25) is 5.91 Å². The highest BCUT2D eigenvalue weighted by Gasteiger charge is 2.28. The lowest BCUT2D eigenvalue weighted by Crippen LogP contribution is -2.46. The molecule has 0 saturated heterocycles. The van der Waals surface area contributed by atoms with Crippen LogP contribution in [-0.2, 0) is 18.4 Å². The van der Waals surface area contributed by atoms with Crippen molar-refractivity contribution in [3.8, 4) is 0 Å². The minimum absolute atomic E-state index is 0.0752. The lowest BCUT2D eigenvalue weighted by molar-refractivity contribution is -0.870. The van der Waals surface area contributed by atoms with Gasteiger partial charge in [0.05, 0.1) is 39.9 Å². The zero-order chi connectivity index (χ0) is 47.8. The van der Waals surface area contributed by atoms with Crippen LogP contribution < -0.4 is 5.32 Å². The normalized spacial score (nSPS) is 14.4. The zero-order valence-corrected chi connectivity index (χ0v) is 44.4. The standard InChI is InChI=1S/C56H107N2O6P/c1-6-8-10-12-14-15-16-17-18-19-20-21-22-23-24-25-26-27-28-29-30-31-32-33-34-35-36-37-38-39-40-41-42-43-44-46-48-50-56(60)57-54(55(59)49-47-45-13-11-9-7-2)53-64-65(61,62)63-52-51-58(3,4)5/h8,10,14-15,17-18,20-21,54-55,59H,6-7,9,11-13,16,19,22-53H2,1-5H3,(H-,57,60,61,62)/p+1/b10-8-,15-14-,18-17-,21-20-. The molecule has 0 aliphatic rings. The number of hydrogen-bond donors (Lipinski definition) is 3. The van der Waals surface area contributed by atoms with Gasteiger partial charge in [0.1, 0.15) is 13.2 Å². The Morgan fingerprint density at radius 2 is 0.923 bits per heavy atom. The molecule has 3 unspecified atom stereocenters. The van der Waals surface area contributed by atoms with E-state index < -0.39 is 20.0 Å². The second-order valence-electron chi connectivity index (χ2n) is 19.9. The van der Waals surface area contributed by atoms with E-state index in [1.807, 2.05) is 21.1 Å². The summed E-state index contributed by atoms with van der Waals surface area (Å²) in [6, 6.07) is -0.755. The Balaban J connectivity index is 3.74. The van der Waals surface area contributed by atoms with Crippen LogP contribution in [-0.4, -0.2) is 73.4 Å². The maximum absolute atomic E-state index is 12.9. The number of phosphoric ester groups is 1. The third kappa shape index (κ3) is 50.2. The highest BCUT2D eigenvalue weighted by molar-refractivity contribution is 7.47. The number of carbonyl (C=O) groups excluding carboxylic acids is 1. The molecule has 382 valence electrons. The topological polar surface area (TPSA) is 105 Å². The van der Waals surface area contributed by atoms with E-state index in [4.69, 9.17) is 9.05 Å². The van der Waals surface area contributed by atoms with E-state index in [9.17, 15) is 19.4 Å². The van der Waals surface area contributed by atoms with E-state index in [2.05, 4.69) is 67.8 Å². The van der Waals surface area contributed by atoms with Crippen molar-refractivity contribution in [3.05, 3.63) is 48.6 Å². The molecule has 1 amide bonds. The molecule has 0 aliphatic heterocycles. The molecular formula is C56H108N2O6P+. The lowest BCUT2D eigenvalue weighted by atomic mass is 10.0. The molecule has 0 rings (SSSR count). The predicted molar refractivity (Wildman–Crippen MR) is 281 cm³/mol. The fourth-order valence-electron chi connectivity index (χ4n) is 8.04. The van der Waals surface area contributed by atoms with Crippen LogP contribution in [0.1, 0.15) is 251 Å². The van der Waals surface area contributed by atoms with Crippen molar-refractivity contribution in [2.24, 2.45) is 0 Å². The smallest absolute Gasteiger partial charge is 0.391 e. The molecule has 65 heavy (non-hydrogen) atoms. The molecule has 0 bridgehead atoms. The Bertz CT molecular complexity index is 1200. The molecule has 9 heteroatoms. The second kappa shape index (κ2) is 47.5. The summed E-state index contributed by atoms with van der Waals surface area (Å²) in [4.78, 5) is 23.1. The van der Waals surface area contributed by atoms with Crippen LogP contribution in [0.15, 0.2) is 48.6 Å². The third-order valence-corrected chi connectivity index (χ3v) is 13.3. The van der Waals surface area contributed by atoms with Gasteiger partial charge in [-0.1, -0.05) is 242 Å². The summed E-state index contributed by atoms with van der Waals surface area (Å²) >= 11 is 0. The van der Waals surface area contributed by atoms with Gasteiger partial charge in [-0.05, 0) is 51.4 Å². The van der Waals surface area contributed by atoms with Crippen LogP contribution in [0.5, 0.6) is 0 Å². The molecule has 0 aliphatic carbocycles. The molecule has 0 fully saturated rings. The van der Waals surface area contributed by atoms with Crippen LogP contribution in [0.4, 0.5) is 0 Å².